The molecule has 24 nitrogen and oxygen atoms in total. The van der Waals surface area contributed by atoms with E-state index in [4.69, 9.17) is 28.4 Å². The second kappa shape index (κ2) is 48.7. The number of ether oxygens (including phenoxy) is 6. The Kier molecular flexibility index (Phi) is 36.3. The standard InChI is InChI=1S/C120H144N12O12/c1-115(2,3)91-67-79-61-81-69-92(116(4,5)6)71-83(104(81)140-56-32-50-128-110(134)98-38-20-26-44-122-98)63-85-73-94(118(10,11)12)75-87(106(85)142-58-34-52-130-112(136)100-40-22-28-46-124-100)65-89-77-96(120(16,17)18)78-90(108(89)144-60-36-54-132-114(138)102-42-24-30-48-126-102)66-88-76-95(119(13,14)15)74-86(107(88)143-59-35-53-131-113(137)101-41-23-29-47-125-101)64-84-72-93(117(7,8)9)70-82(105(84)141-57-33-51-129-111(135)99-39-21-27-45-123-99)62-80(68-91)103(79)139-55-31-49-127-109(133)97-37-19-25-43-121-97/h19-30,37-48,67-78H,31-36,49-66H2,1-18H3,(H,127,133)(H,128,134)(H,129,135)(H,130,136)(H,131,137)(H,132,138). The van der Waals surface area contributed by atoms with Crippen LogP contribution in [0.4, 0.5) is 0 Å². The van der Waals surface area contributed by atoms with Gasteiger partial charge in [0.1, 0.15) is 68.7 Å². The van der Waals surface area contributed by atoms with E-state index in [2.05, 4.69) is 259 Å². The Labute approximate surface area is 850 Å². The third kappa shape index (κ3) is 30.0. The molecule has 6 aromatic carbocycles. The summed E-state index contributed by atoms with van der Waals surface area (Å²) >= 11 is 0. The first-order chi connectivity index (χ1) is 68.7. The van der Waals surface area contributed by atoms with Crippen molar-refractivity contribution in [1.29, 1.82) is 0 Å². The van der Waals surface area contributed by atoms with Crippen LogP contribution in [0.2, 0.25) is 0 Å². The second-order valence-electron chi connectivity index (χ2n) is 43.3. The molecular weight excluding hydrogens is 1800 g/mol. The van der Waals surface area contributed by atoms with E-state index in [1.807, 2.05) is 0 Å². The first-order valence-corrected chi connectivity index (χ1v) is 50.6. The lowest BCUT2D eigenvalue weighted by Gasteiger charge is -2.29. The monoisotopic (exact) mass is 1950 g/mol. The normalized spacial score (nSPS) is 12.5. The number of rotatable bonds is 36. The molecule has 13 rings (SSSR count). The fourth-order valence-corrected chi connectivity index (χ4v) is 17.3. The maximum absolute atomic E-state index is 13.8. The van der Waals surface area contributed by atoms with E-state index in [0.717, 1.165) is 100 Å². The van der Waals surface area contributed by atoms with E-state index < -0.39 is 32.5 Å². The SMILES string of the molecule is CC(C)(C)c1cc2c(OCCCNC(=O)c3ccccn3)c(c1)Cc1cc(C(C)(C)C)cc(c1OCCCNC(=O)c1ccccn1)Cc1cc(C(C)(C)C)cc(c1OCCCNC(=O)c1ccccn1)Cc1cc(C(C)(C)C)cc(c1OCCCNC(=O)c1ccccn1)Cc1cc(C(C)(C)C)cc(c1OCCCNC(=O)c1ccccn1)Cc1cc(C(C)(C)C)cc(c1OCCCNC(=O)c1ccccn1)C2. The third-order valence-electron chi connectivity index (χ3n) is 25.4. The molecule has 0 atom stereocenters. The summed E-state index contributed by atoms with van der Waals surface area (Å²) < 4.78 is 45.4. The van der Waals surface area contributed by atoms with Gasteiger partial charge < -0.3 is 60.3 Å². The Hall–Kier alpha value is -14.2. The molecule has 0 aliphatic heterocycles. The van der Waals surface area contributed by atoms with Crippen molar-refractivity contribution in [2.24, 2.45) is 0 Å². The quantitative estimate of drug-likeness (QED) is 0.0199. The minimum absolute atomic E-state index is 0.193. The molecule has 12 bridgehead atoms. The molecule has 0 unspecified atom stereocenters. The number of nitrogens with one attached hydrogen (secondary N) is 6. The number of carbonyl (C=O) groups excluding carboxylic acids is 6. The van der Waals surface area contributed by atoms with E-state index in [1.54, 1.807) is 146 Å². The first-order valence-electron chi connectivity index (χ1n) is 50.6. The van der Waals surface area contributed by atoms with Gasteiger partial charge in [-0.1, -0.05) is 234 Å². The molecule has 12 aromatic rings. The summed E-state index contributed by atoms with van der Waals surface area (Å²) in [5.74, 6) is 2.14. The lowest BCUT2D eigenvalue weighted by Crippen LogP contribution is -2.26. The summed E-state index contributed by atoms with van der Waals surface area (Å²) in [6.07, 6.45) is 14.0. The Balaban J connectivity index is 1.09. The highest BCUT2D eigenvalue weighted by Gasteiger charge is 2.33. The van der Waals surface area contributed by atoms with Gasteiger partial charge in [0.05, 0.1) is 39.6 Å². The summed E-state index contributed by atoms with van der Waals surface area (Å²) in [5.41, 5.74) is 16.0. The highest BCUT2D eigenvalue weighted by atomic mass is 16.5. The Morgan fingerprint density at radius 3 is 0.438 bits per heavy atom. The van der Waals surface area contributed by atoms with E-state index >= 15 is 0 Å². The lowest BCUT2D eigenvalue weighted by molar-refractivity contribution is 0.0938. The van der Waals surface area contributed by atoms with Crippen molar-refractivity contribution in [3.63, 3.8) is 0 Å². The first kappa shape index (κ1) is 107. The van der Waals surface area contributed by atoms with Gasteiger partial charge in [-0.15, -0.1) is 0 Å². The molecule has 0 fully saturated rings. The van der Waals surface area contributed by atoms with Crippen molar-refractivity contribution >= 4 is 35.4 Å². The van der Waals surface area contributed by atoms with Crippen molar-refractivity contribution in [2.75, 3.05) is 78.9 Å². The van der Waals surface area contributed by atoms with E-state index in [1.165, 1.54) is 0 Å². The van der Waals surface area contributed by atoms with E-state index in [0.29, 0.717) is 146 Å². The molecule has 6 aromatic heterocycles. The number of amides is 6. The number of hydrogen-bond donors (Lipinski definition) is 6. The summed E-state index contributed by atoms with van der Waals surface area (Å²) in [4.78, 5) is 109. The number of nitrogens with zero attached hydrogens (tertiary/aromatic N) is 6. The van der Waals surface area contributed by atoms with Gasteiger partial charge in [0.15, 0.2) is 0 Å². The molecule has 144 heavy (non-hydrogen) atoms. The van der Waals surface area contributed by atoms with Crippen LogP contribution in [0.25, 0.3) is 0 Å². The zero-order valence-corrected chi connectivity index (χ0v) is 87.3. The molecule has 24 heteroatoms. The molecule has 6 heterocycles. The predicted molar refractivity (Wildman–Crippen MR) is 568 cm³/mol. The van der Waals surface area contributed by atoms with Crippen molar-refractivity contribution < 1.29 is 57.2 Å². The number of fused-ring (bicyclic) bond motifs is 12. The van der Waals surface area contributed by atoms with Gasteiger partial charge in [-0.25, -0.2) is 0 Å². The highest BCUT2D eigenvalue weighted by molar-refractivity contribution is 5.94. The predicted octanol–water partition coefficient (Wildman–Crippen LogP) is 20.9. The van der Waals surface area contributed by atoms with Gasteiger partial charge >= 0.3 is 0 Å². The number of pyridine rings is 6. The Morgan fingerprint density at radius 2 is 0.333 bits per heavy atom. The maximum Gasteiger partial charge on any atom is 0.269 e. The fraction of sp³-hybridized carbons (Fsp3) is 0.400. The van der Waals surface area contributed by atoms with E-state index in [-0.39, 0.29) is 114 Å². The van der Waals surface area contributed by atoms with Crippen LogP contribution in [0, 0.1) is 0 Å². The highest BCUT2D eigenvalue weighted by Crippen LogP contribution is 2.47. The number of carbonyl (C=O) groups is 6. The smallest absolute Gasteiger partial charge is 0.269 e. The molecule has 756 valence electrons. The van der Waals surface area contributed by atoms with Crippen LogP contribution in [0.5, 0.6) is 34.5 Å². The maximum atomic E-state index is 13.8. The zero-order valence-electron chi connectivity index (χ0n) is 87.3. The fourth-order valence-electron chi connectivity index (χ4n) is 17.3. The van der Waals surface area contributed by atoms with Crippen molar-refractivity contribution in [1.82, 2.24) is 61.8 Å². The van der Waals surface area contributed by atoms with Gasteiger partial charge in [-0.3, -0.25) is 58.7 Å². The molecule has 0 saturated carbocycles. The van der Waals surface area contributed by atoms with Crippen LogP contribution in [0.1, 0.15) is 326 Å². The van der Waals surface area contributed by atoms with Crippen molar-refractivity contribution in [3.05, 3.63) is 353 Å². The van der Waals surface area contributed by atoms with Crippen LogP contribution in [-0.4, -0.2) is 144 Å². The number of benzene rings is 6. The van der Waals surface area contributed by atoms with Gasteiger partial charge in [0, 0.05) is 115 Å². The third-order valence-corrected chi connectivity index (χ3v) is 25.4. The minimum Gasteiger partial charge on any atom is -0.493 e. The molecule has 1 aliphatic rings. The van der Waals surface area contributed by atoms with Crippen molar-refractivity contribution in [2.45, 2.75) is 234 Å². The topological polar surface area (TPSA) is 307 Å². The lowest BCUT2D eigenvalue weighted by atomic mass is 9.79. The summed E-state index contributed by atoms with van der Waals surface area (Å²) in [5, 5.41) is 18.7. The van der Waals surface area contributed by atoms with Crippen LogP contribution < -0.4 is 60.3 Å². The minimum atomic E-state index is -0.454. The number of hydrogen-bond acceptors (Lipinski definition) is 18. The summed E-state index contributed by atoms with van der Waals surface area (Å²) in [6.45, 7) is 43.0. The molecule has 6 amide bonds. The average Bonchev–Trinajstić information content (AvgIpc) is 0.761. The van der Waals surface area contributed by atoms with Crippen LogP contribution in [0.15, 0.2) is 219 Å². The number of aromatic nitrogens is 6. The van der Waals surface area contributed by atoms with Crippen molar-refractivity contribution in [3.8, 4) is 34.5 Å². The average molecular weight is 1950 g/mol. The second-order valence-corrected chi connectivity index (χ2v) is 43.3. The molecule has 0 radical (unpaired) electrons. The molecule has 0 spiro atoms. The van der Waals surface area contributed by atoms with E-state index in [9.17, 15) is 28.8 Å². The van der Waals surface area contributed by atoms with Gasteiger partial charge in [0.25, 0.3) is 35.4 Å². The largest absolute Gasteiger partial charge is 0.493 e. The van der Waals surface area contributed by atoms with Crippen LogP contribution in [-0.2, 0) is 71.0 Å². The molecule has 0 saturated heterocycles. The van der Waals surface area contributed by atoms with Gasteiger partial charge in [-0.05, 0) is 244 Å². The summed E-state index contributed by atoms with van der Waals surface area (Å²) in [6, 6.07) is 59.1. The van der Waals surface area contributed by atoms with Gasteiger partial charge in [-0.2, -0.15) is 0 Å². The molecule has 1 aliphatic carbocycles. The Morgan fingerprint density at radius 1 is 0.208 bits per heavy atom. The summed E-state index contributed by atoms with van der Waals surface area (Å²) in [7, 11) is 0. The van der Waals surface area contributed by atoms with Crippen LogP contribution in [0.3, 0.4) is 0 Å². The van der Waals surface area contributed by atoms with Gasteiger partial charge in [0.2, 0.25) is 0 Å². The molecule has 6 N–H and O–H groups in total. The molecular formula is C120H144N12O12. The van der Waals surface area contributed by atoms with Crippen LogP contribution >= 0.6 is 0 Å². The Bertz CT molecular complexity index is 5260. The zero-order chi connectivity index (χ0) is 103.